The largest absolute Gasteiger partial charge is 0.497 e. The van der Waals surface area contributed by atoms with Gasteiger partial charge in [-0.2, -0.15) is 0 Å². The third-order valence-corrected chi connectivity index (χ3v) is 3.28. The lowest BCUT2D eigenvalue weighted by Gasteiger charge is -2.11. The van der Waals surface area contributed by atoms with E-state index < -0.39 is 0 Å². The molecule has 0 saturated carbocycles. The van der Waals surface area contributed by atoms with Crippen molar-refractivity contribution in [2.75, 3.05) is 12.4 Å². The molecule has 4 nitrogen and oxygen atoms in total. The SMILES string of the molecule is COc1cccc(C(=O)Nc2cc(Cl)ccc2C(N)=S)c1. The second-order valence-electron chi connectivity index (χ2n) is 4.24. The van der Waals surface area contributed by atoms with E-state index >= 15 is 0 Å². The monoisotopic (exact) mass is 320 g/mol. The molecule has 108 valence electrons. The number of nitrogens with one attached hydrogen (secondary N) is 1. The van der Waals surface area contributed by atoms with Crippen molar-refractivity contribution < 1.29 is 9.53 Å². The van der Waals surface area contributed by atoms with Gasteiger partial charge in [0, 0.05) is 16.1 Å². The van der Waals surface area contributed by atoms with Gasteiger partial charge in [0.15, 0.2) is 0 Å². The second-order valence-corrected chi connectivity index (χ2v) is 5.12. The van der Waals surface area contributed by atoms with Crippen LogP contribution in [-0.4, -0.2) is 18.0 Å². The first kappa shape index (κ1) is 15.3. The third kappa shape index (κ3) is 3.71. The molecule has 1 amide bonds. The first-order chi connectivity index (χ1) is 10.0. The van der Waals surface area contributed by atoms with Crippen molar-refractivity contribution in [3.63, 3.8) is 0 Å². The van der Waals surface area contributed by atoms with Crippen molar-refractivity contribution in [3.8, 4) is 5.75 Å². The van der Waals surface area contributed by atoms with E-state index in [1.54, 1.807) is 49.6 Å². The van der Waals surface area contributed by atoms with E-state index in [1.165, 1.54) is 0 Å². The molecule has 0 spiro atoms. The Balaban J connectivity index is 2.30. The molecule has 3 N–H and O–H groups in total. The molecule has 0 aliphatic rings. The van der Waals surface area contributed by atoms with Gasteiger partial charge in [-0.3, -0.25) is 4.79 Å². The lowest BCUT2D eigenvalue weighted by molar-refractivity contribution is 0.102. The van der Waals surface area contributed by atoms with Gasteiger partial charge >= 0.3 is 0 Å². The predicted octanol–water partition coefficient (Wildman–Crippen LogP) is 3.24. The molecule has 0 aliphatic carbocycles. The Bertz CT molecular complexity index is 704. The summed E-state index contributed by atoms with van der Waals surface area (Å²) >= 11 is 10.9. The minimum atomic E-state index is -0.298. The Morgan fingerprint density at radius 3 is 2.71 bits per heavy atom. The Kier molecular flexibility index (Phi) is 4.77. The summed E-state index contributed by atoms with van der Waals surface area (Å²) in [5.41, 5.74) is 7.14. The number of benzene rings is 2. The maximum absolute atomic E-state index is 12.3. The standard InChI is InChI=1S/C15H13ClN2O2S/c1-20-11-4-2-3-9(7-11)15(19)18-13-8-10(16)5-6-12(13)14(17)21/h2-8H,1H3,(H2,17,21)(H,18,19). The molecule has 21 heavy (non-hydrogen) atoms. The second kappa shape index (κ2) is 6.56. The number of carbonyl (C=O) groups is 1. The summed E-state index contributed by atoms with van der Waals surface area (Å²) in [6, 6.07) is 11.8. The molecule has 0 unspecified atom stereocenters. The molecule has 0 aliphatic heterocycles. The van der Waals surface area contributed by atoms with Crippen LogP contribution in [-0.2, 0) is 0 Å². The molecule has 2 aromatic carbocycles. The van der Waals surface area contributed by atoms with Gasteiger partial charge in [0.1, 0.15) is 10.7 Å². The van der Waals surface area contributed by atoms with Crippen LogP contribution in [0.1, 0.15) is 15.9 Å². The zero-order valence-corrected chi connectivity index (χ0v) is 12.8. The summed E-state index contributed by atoms with van der Waals surface area (Å²) in [5, 5.41) is 3.24. The lowest BCUT2D eigenvalue weighted by atomic mass is 10.1. The summed E-state index contributed by atoms with van der Waals surface area (Å²) in [6.45, 7) is 0. The first-order valence-electron chi connectivity index (χ1n) is 6.06. The fourth-order valence-corrected chi connectivity index (χ4v) is 2.14. The average molecular weight is 321 g/mol. The van der Waals surface area contributed by atoms with E-state index in [9.17, 15) is 4.79 Å². The van der Waals surface area contributed by atoms with Crippen LogP contribution in [0.2, 0.25) is 5.02 Å². The number of anilines is 1. The van der Waals surface area contributed by atoms with E-state index in [4.69, 9.17) is 34.3 Å². The van der Waals surface area contributed by atoms with Gasteiger partial charge in [-0.05, 0) is 36.4 Å². The Morgan fingerprint density at radius 2 is 2.05 bits per heavy atom. The number of methoxy groups -OCH3 is 1. The molecule has 0 saturated heterocycles. The summed E-state index contributed by atoms with van der Waals surface area (Å²) in [7, 11) is 1.54. The van der Waals surface area contributed by atoms with Crippen molar-refractivity contribution in [3.05, 3.63) is 58.6 Å². The number of nitrogens with two attached hydrogens (primary N) is 1. The van der Waals surface area contributed by atoms with Gasteiger partial charge in [0.05, 0.1) is 12.8 Å². The van der Waals surface area contributed by atoms with Crippen molar-refractivity contribution in [2.45, 2.75) is 0 Å². The van der Waals surface area contributed by atoms with Gasteiger partial charge in [-0.1, -0.05) is 29.9 Å². The lowest BCUT2D eigenvalue weighted by Crippen LogP contribution is -2.17. The van der Waals surface area contributed by atoms with Crippen LogP contribution in [0.25, 0.3) is 0 Å². The number of halogens is 1. The van der Waals surface area contributed by atoms with Crippen molar-refractivity contribution in [1.29, 1.82) is 0 Å². The number of amides is 1. The molecule has 0 fully saturated rings. The molecule has 2 aromatic rings. The molecule has 0 bridgehead atoms. The number of hydrogen-bond donors (Lipinski definition) is 2. The van der Waals surface area contributed by atoms with Crippen LogP contribution in [0, 0.1) is 0 Å². The van der Waals surface area contributed by atoms with E-state index in [0.29, 0.717) is 27.6 Å². The molecule has 6 heteroatoms. The van der Waals surface area contributed by atoms with Crippen molar-refractivity contribution >= 4 is 40.4 Å². The van der Waals surface area contributed by atoms with E-state index in [2.05, 4.69) is 5.32 Å². The predicted molar refractivity (Wildman–Crippen MR) is 88.3 cm³/mol. The minimum absolute atomic E-state index is 0.188. The molecular formula is C15H13ClN2O2S. The highest BCUT2D eigenvalue weighted by atomic mass is 35.5. The van der Waals surface area contributed by atoms with Crippen LogP contribution in [0.4, 0.5) is 5.69 Å². The average Bonchev–Trinajstić information content (AvgIpc) is 2.47. The smallest absolute Gasteiger partial charge is 0.255 e. The highest BCUT2D eigenvalue weighted by Crippen LogP contribution is 2.22. The van der Waals surface area contributed by atoms with Crippen LogP contribution >= 0.6 is 23.8 Å². The van der Waals surface area contributed by atoms with Crippen LogP contribution < -0.4 is 15.8 Å². The zero-order valence-electron chi connectivity index (χ0n) is 11.2. The van der Waals surface area contributed by atoms with Crippen LogP contribution in [0.15, 0.2) is 42.5 Å². The maximum atomic E-state index is 12.3. The van der Waals surface area contributed by atoms with E-state index in [1.807, 2.05) is 0 Å². The Hall–Kier alpha value is -2.11. The zero-order chi connectivity index (χ0) is 15.4. The Morgan fingerprint density at radius 1 is 1.29 bits per heavy atom. The van der Waals surface area contributed by atoms with Gasteiger partial charge in [0.2, 0.25) is 0 Å². The van der Waals surface area contributed by atoms with Crippen molar-refractivity contribution in [1.82, 2.24) is 0 Å². The summed E-state index contributed by atoms with van der Waals surface area (Å²) < 4.78 is 5.09. The highest BCUT2D eigenvalue weighted by molar-refractivity contribution is 7.80. The highest BCUT2D eigenvalue weighted by Gasteiger charge is 2.12. The van der Waals surface area contributed by atoms with Gasteiger partial charge in [-0.15, -0.1) is 0 Å². The molecule has 0 heterocycles. The topological polar surface area (TPSA) is 64.3 Å². The quantitative estimate of drug-likeness (QED) is 0.849. The van der Waals surface area contributed by atoms with Gasteiger partial charge in [-0.25, -0.2) is 0 Å². The maximum Gasteiger partial charge on any atom is 0.255 e. The number of rotatable bonds is 4. The first-order valence-corrected chi connectivity index (χ1v) is 6.84. The normalized spacial score (nSPS) is 10.0. The minimum Gasteiger partial charge on any atom is -0.497 e. The molecule has 0 aromatic heterocycles. The van der Waals surface area contributed by atoms with E-state index in [-0.39, 0.29) is 10.9 Å². The van der Waals surface area contributed by atoms with E-state index in [0.717, 1.165) is 0 Å². The van der Waals surface area contributed by atoms with Crippen LogP contribution in [0.3, 0.4) is 0 Å². The fourth-order valence-electron chi connectivity index (χ4n) is 1.79. The number of hydrogen-bond acceptors (Lipinski definition) is 3. The summed E-state index contributed by atoms with van der Waals surface area (Å²) in [5.74, 6) is 0.303. The van der Waals surface area contributed by atoms with Gasteiger partial charge < -0.3 is 15.8 Å². The summed E-state index contributed by atoms with van der Waals surface area (Å²) in [6.07, 6.45) is 0. The molecule has 0 atom stereocenters. The number of thiocarbonyl (C=S) groups is 1. The fraction of sp³-hybridized carbons (Fsp3) is 0.0667. The van der Waals surface area contributed by atoms with Gasteiger partial charge in [0.25, 0.3) is 5.91 Å². The van der Waals surface area contributed by atoms with Crippen LogP contribution in [0.5, 0.6) is 5.75 Å². The summed E-state index contributed by atoms with van der Waals surface area (Å²) in [4.78, 5) is 12.5. The molecule has 0 radical (unpaired) electrons. The molecule has 2 rings (SSSR count). The third-order valence-electron chi connectivity index (χ3n) is 2.83. The van der Waals surface area contributed by atoms with Crippen molar-refractivity contribution in [2.24, 2.45) is 5.73 Å². The number of ether oxygens (including phenoxy) is 1. The number of carbonyl (C=O) groups excluding carboxylic acids is 1. The Labute approximate surface area is 132 Å². The molecular weight excluding hydrogens is 308 g/mol.